The Hall–Kier alpha value is -1.96. The van der Waals surface area contributed by atoms with E-state index in [0.29, 0.717) is 0 Å². The van der Waals surface area contributed by atoms with Crippen LogP contribution in [-0.4, -0.2) is 12.6 Å². The lowest BCUT2D eigenvalue weighted by Crippen LogP contribution is -2.06. The van der Waals surface area contributed by atoms with Crippen molar-refractivity contribution in [3.05, 3.63) is 60.2 Å². The molecule has 0 fully saturated rings. The Morgan fingerprint density at radius 2 is 1.62 bits per heavy atom. The summed E-state index contributed by atoms with van der Waals surface area (Å²) in [5.74, 6) is 0.930. The van der Waals surface area contributed by atoms with E-state index in [-0.39, 0.29) is 6.10 Å². The van der Waals surface area contributed by atoms with Crippen molar-refractivity contribution in [2.75, 3.05) is 11.9 Å². The molecule has 112 valence electrons. The molecule has 0 bridgehead atoms. The van der Waals surface area contributed by atoms with Gasteiger partial charge in [-0.3, -0.25) is 0 Å². The van der Waals surface area contributed by atoms with Crippen molar-refractivity contribution in [3.63, 3.8) is 0 Å². The van der Waals surface area contributed by atoms with E-state index in [2.05, 4.69) is 47.8 Å². The molecular formula is C19H25NO. The zero-order chi connectivity index (χ0) is 14.9. The first-order valence-corrected chi connectivity index (χ1v) is 7.78. The lowest BCUT2D eigenvalue weighted by atomic mass is 10.1. The summed E-state index contributed by atoms with van der Waals surface area (Å²) >= 11 is 0. The van der Waals surface area contributed by atoms with Crippen molar-refractivity contribution in [1.29, 1.82) is 0 Å². The van der Waals surface area contributed by atoms with Crippen molar-refractivity contribution in [1.82, 2.24) is 0 Å². The van der Waals surface area contributed by atoms with Gasteiger partial charge in [0.25, 0.3) is 0 Å². The minimum absolute atomic E-state index is 0.224. The molecule has 1 N–H and O–H groups in total. The van der Waals surface area contributed by atoms with Crippen molar-refractivity contribution >= 4 is 5.69 Å². The molecule has 2 aromatic rings. The molecule has 2 heteroatoms. The van der Waals surface area contributed by atoms with Gasteiger partial charge in [-0.05, 0) is 62.9 Å². The molecular weight excluding hydrogens is 258 g/mol. The van der Waals surface area contributed by atoms with Crippen molar-refractivity contribution < 1.29 is 4.74 Å². The van der Waals surface area contributed by atoms with Gasteiger partial charge < -0.3 is 10.1 Å². The van der Waals surface area contributed by atoms with Crippen molar-refractivity contribution in [2.24, 2.45) is 0 Å². The molecule has 0 aliphatic carbocycles. The van der Waals surface area contributed by atoms with Crippen LogP contribution in [-0.2, 0) is 6.42 Å². The van der Waals surface area contributed by atoms with Gasteiger partial charge in [0.2, 0.25) is 0 Å². The van der Waals surface area contributed by atoms with Crippen LogP contribution in [0, 0.1) is 0 Å². The topological polar surface area (TPSA) is 21.3 Å². The highest BCUT2D eigenvalue weighted by Crippen LogP contribution is 2.17. The van der Waals surface area contributed by atoms with Crippen LogP contribution in [0.1, 0.15) is 32.3 Å². The number of hydrogen-bond donors (Lipinski definition) is 1. The maximum absolute atomic E-state index is 5.63. The van der Waals surface area contributed by atoms with Crippen LogP contribution in [0.5, 0.6) is 5.75 Å². The first-order valence-electron chi connectivity index (χ1n) is 7.78. The first-order chi connectivity index (χ1) is 10.2. The molecule has 0 heterocycles. The zero-order valence-corrected chi connectivity index (χ0v) is 13.0. The third-order valence-electron chi connectivity index (χ3n) is 3.29. The maximum atomic E-state index is 5.63. The molecule has 0 aliphatic heterocycles. The Labute approximate surface area is 128 Å². The third kappa shape index (κ3) is 5.90. The fourth-order valence-electron chi connectivity index (χ4n) is 2.26. The van der Waals surface area contributed by atoms with E-state index in [4.69, 9.17) is 4.74 Å². The Morgan fingerprint density at radius 1 is 0.905 bits per heavy atom. The Balaban J connectivity index is 1.64. The normalized spacial score (nSPS) is 10.6. The van der Waals surface area contributed by atoms with Gasteiger partial charge in [0, 0.05) is 12.2 Å². The molecule has 0 saturated carbocycles. The quantitative estimate of drug-likeness (QED) is 0.695. The van der Waals surface area contributed by atoms with Gasteiger partial charge in [-0.25, -0.2) is 0 Å². The number of rotatable bonds is 8. The van der Waals surface area contributed by atoms with E-state index in [9.17, 15) is 0 Å². The predicted octanol–water partition coefficient (Wildman–Crippen LogP) is 4.91. The van der Waals surface area contributed by atoms with Crippen LogP contribution in [0.2, 0.25) is 0 Å². The number of nitrogens with one attached hydrogen (secondary N) is 1. The average molecular weight is 283 g/mol. The van der Waals surface area contributed by atoms with Crippen LogP contribution in [0.3, 0.4) is 0 Å². The summed E-state index contributed by atoms with van der Waals surface area (Å²) in [7, 11) is 0. The van der Waals surface area contributed by atoms with Gasteiger partial charge in [0.15, 0.2) is 0 Å². The van der Waals surface area contributed by atoms with Gasteiger partial charge in [0.05, 0.1) is 6.10 Å². The summed E-state index contributed by atoms with van der Waals surface area (Å²) in [5, 5.41) is 3.46. The summed E-state index contributed by atoms with van der Waals surface area (Å²) in [6.45, 7) is 5.09. The SMILES string of the molecule is CC(C)Oc1ccc(NCCCCc2ccccc2)cc1. The second-order valence-corrected chi connectivity index (χ2v) is 5.56. The molecule has 0 unspecified atom stereocenters. The zero-order valence-electron chi connectivity index (χ0n) is 13.0. The van der Waals surface area contributed by atoms with Gasteiger partial charge in [-0.15, -0.1) is 0 Å². The molecule has 0 amide bonds. The summed E-state index contributed by atoms with van der Waals surface area (Å²) in [5.41, 5.74) is 2.58. The van der Waals surface area contributed by atoms with Crippen LogP contribution in [0.4, 0.5) is 5.69 Å². The van der Waals surface area contributed by atoms with E-state index in [1.54, 1.807) is 0 Å². The molecule has 0 saturated heterocycles. The van der Waals surface area contributed by atoms with E-state index in [0.717, 1.165) is 24.4 Å². The highest BCUT2D eigenvalue weighted by molar-refractivity contribution is 5.46. The highest BCUT2D eigenvalue weighted by atomic mass is 16.5. The third-order valence-corrected chi connectivity index (χ3v) is 3.29. The fourth-order valence-corrected chi connectivity index (χ4v) is 2.26. The number of hydrogen-bond acceptors (Lipinski definition) is 2. The average Bonchev–Trinajstić information content (AvgIpc) is 2.49. The van der Waals surface area contributed by atoms with Crippen molar-refractivity contribution in [2.45, 2.75) is 39.2 Å². The number of unbranched alkanes of at least 4 members (excludes halogenated alkanes) is 1. The molecule has 0 radical (unpaired) electrons. The fraction of sp³-hybridized carbons (Fsp3) is 0.368. The van der Waals surface area contributed by atoms with Crippen LogP contribution in [0.15, 0.2) is 54.6 Å². The van der Waals surface area contributed by atoms with Crippen LogP contribution >= 0.6 is 0 Å². The second kappa shape index (κ2) is 8.35. The second-order valence-electron chi connectivity index (χ2n) is 5.56. The molecule has 21 heavy (non-hydrogen) atoms. The van der Waals surface area contributed by atoms with E-state index >= 15 is 0 Å². The Kier molecular flexibility index (Phi) is 6.14. The predicted molar refractivity (Wildman–Crippen MR) is 90.1 cm³/mol. The minimum atomic E-state index is 0.224. The van der Waals surface area contributed by atoms with Crippen molar-refractivity contribution in [3.8, 4) is 5.75 Å². The largest absolute Gasteiger partial charge is 0.491 e. The molecule has 2 nitrogen and oxygen atoms in total. The summed E-state index contributed by atoms with van der Waals surface area (Å²) in [6, 6.07) is 18.9. The standard InChI is InChI=1S/C19H25NO/c1-16(2)21-19-13-11-18(12-14-19)20-15-7-6-10-17-8-4-3-5-9-17/h3-5,8-9,11-14,16,20H,6-7,10,15H2,1-2H3. The lowest BCUT2D eigenvalue weighted by Gasteiger charge is -2.11. The summed E-state index contributed by atoms with van der Waals surface area (Å²) in [4.78, 5) is 0. The van der Waals surface area contributed by atoms with Gasteiger partial charge in [0.1, 0.15) is 5.75 Å². The van der Waals surface area contributed by atoms with Gasteiger partial charge in [-0.1, -0.05) is 30.3 Å². The first kappa shape index (κ1) is 15.4. The number of aryl methyl sites for hydroxylation is 1. The van der Waals surface area contributed by atoms with E-state index in [1.165, 1.54) is 18.4 Å². The minimum Gasteiger partial charge on any atom is -0.491 e. The Bertz CT molecular complexity index is 505. The highest BCUT2D eigenvalue weighted by Gasteiger charge is 1.98. The molecule has 0 spiro atoms. The monoisotopic (exact) mass is 283 g/mol. The van der Waals surface area contributed by atoms with E-state index < -0.39 is 0 Å². The smallest absolute Gasteiger partial charge is 0.119 e. The molecule has 0 aliphatic rings. The Morgan fingerprint density at radius 3 is 2.29 bits per heavy atom. The van der Waals surface area contributed by atoms with Gasteiger partial charge >= 0.3 is 0 Å². The molecule has 0 atom stereocenters. The number of anilines is 1. The summed E-state index contributed by atoms with van der Waals surface area (Å²) in [6.07, 6.45) is 3.77. The number of benzene rings is 2. The summed E-state index contributed by atoms with van der Waals surface area (Å²) < 4.78 is 5.63. The van der Waals surface area contributed by atoms with E-state index in [1.807, 2.05) is 26.0 Å². The number of ether oxygens (including phenoxy) is 1. The molecule has 2 rings (SSSR count). The van der Waals surface area contributed by atoms with Crippen LogP contribution in [0.25, 0.3) is 0 Å². The molecule has 2 aromatic carbocycles. The molecule has 0 aromatic heterocycles. The van der Waals surface area contributed by atoms with Gasteiger partial charge in [-0.2, -0.15) is 0 Å². The lowest BCUT2D eigenvalue weighted by molar-refractivity contribution is 0.242. The van der Waals surface area contributed by atoms with Crippen LogP contribution < -0.4 is 10.1 Å². The maximum Gasteiger partial charge on any atom is 0.119 e.